The number of carbonyl (C=O) groups excluding carboxylic acids is 1. The lowest BCUT2D eigenvalue weighted by molar-refractivity contribution is -0.385. The fraction of sp³-hybridized carbons (Fsp3) is 0.294. The number of benzene rings is 1. The van der Waals surface area contributed by atoms with Crippen LogP contribution in [-0.2, 0) is 11.2 Å². The van der Waals surface area contributed by atoms with Crippen molar-refractivity contribution >= 4 is 29.2 Å². The third-order valence-corrected chi connectivity index (χ3v) is 4.66. The van der Waals surface area contributed by atoms with Crippen LogP contribution in [0.4, 0.5) is 5.69 Å². The highest BCUT2D eigenvalue weighted by molar-refractivity contribution is 7.98. The van der Waals surface area contributed by atoms with Crippen LogP contribution in [0.1, 0.15) is 17.0 Å². The smallest absolute Gasteiger partial charge is 0.316 e. The standard InChI is InChI=1S/C17H17N5O5S/c1-9-12(10(2)21-16(18-9)19-17(20-21)28-4)8-15(23)27-14-6-5-11(26-3)7-13(14)22(24)25/h5-7H,8H2,1-4H3. The molecular formula is C17H17N5O5S. The van der Waals surface area contributed by atoms with Crippen LogP contribution in [0.3, 0.4) is 0 Å². The Morgan fingerprint density at radius 1 is 1.32 bits per heavy atom. The molecule has 28 heavy (non-hydrogen) atoms. The molecule has 0 N–H and O–H groups in total. The van der Waals surface area contributed by atoms with Gasteiger partial charge in [0.1, 0.15) is 5.75 Å². The second kappa shape index (κ2) is 7.80. The van der Waals surface area contributed by atoms with Crippen LogP contribution in [0, 0.1) is 24.0 Å². The number of ether oxygens (including phenoxy) is 2. The minimum Gasteiger partial charge on any atom is -0.496 e. The number of aromatic nitrogens is 4. The molecule has 3 aromatic rings. The van der Waals surface area contributed by atoms with Gasteiger partial charge in [0, 0.05) is 17.0 Å². The molecule has 2 heterocycles. The monoisotopic (exact) mass is 403 g/mol. The first-order chi connectivity index (χ1) is 13.3. The quantitative estimate of drug-likeness (QED) is 0.201. The van der Waals surface area contributed by atoms with Gasteiger partial charge in [0.25, 0.3) is 5.78 Å². The SMILES string of the molecule is COc1ccc(OC(=O)Cc2c(C)nc3nc(SC)nn3c2C)c([N+](=O)[O-])c1. The van der Waals surface area contributed by atoms with Crippen LogP contribution in [0.5, 0.6) is 11.5 Å². The second-order valence-corrected chi connectivity index (χ2v) is 6.59. The van der Waals surface area contributed by atoms with Crippen molar-refractivity contribution in [2.45, 2.75) is 25.4 Å². The maximum atomic E-state index is 12.5. The fourth-order valence-corrected chi connectivity index (χ4v) is 3.02. The minimum atomic E-state index is -0.647. The Kier molecular flexibility index (Phi) is 5.45. The Morgan fingerprint density at radius 3 is 2.71 bits per heavy atom. The summed E-state index contributed by atoms with van der Waals surface area (Å²) in [6.45, 7) is 3.57. The molecule has 0 fully saturated rings. The zero-order chi connectivity index (χ0) is 20.4. The van der Waals surface area contributed by atoms with Crippen LogP contribution in [0.25, 0.3) is 5.78 Å². The third-order valence-electron chi connectivity index (χ3n) is 4.12. The van der Waals surface area contributed by atoms with Gasteiger partial charge in [0.15, 0.2) is 0 Å². The van der Waals surface area contributed by atoms with E-state index in [4.69, 9.17) is 9.47 Å². The Bertz CT molecular complexity index is 1080. The molecule has 0 amide bonds. The van der Waals surface area contributed by atoms with Crippen molar-refractivity contribution < 1.29 is 19.2 Å². The van der Waals surface area contributed by atoms with E-state index in [1.165, 1.54) is 37.1 Å². The van der Waals surface area contributed by atoms with Crippen molar-refractivity contribution in [2.24, 2.45) is 0 Å². The molecular weight excluding hydrogens is 386 g/mol. The summed E-state index contributed by atoms with van der Waals surface area (Å²) in [5, 5.41) is 16.1. The van der Waals surface area contributed by atoms with Gasteiger partial charge in [-0.3, -0.25) is 14.9 Å². The number of nitrogens with zero attached hydrogens (tertiary/aromatic N) is 5. The third kappa shape index (κ3) is 3.74. The number of carbonyl (C=O) groups is 1. The summed E-state index contributed by atoms with van der Waals surface area (Å²) in [7, 11) is 1.39. The lowest BCUT2D eigenvalue weighted by Gasteiger charge is -2.10. The number of nitro groups is 1. The van der Waals surface area contributed by atoms with E-state index in [-0.39, 0.29) is 17.9 Å². The highest BCUT2D eigenvalue weighted by Crippen LogP contribution is 2.31. The lowest BCUT2D eigenvalue weighted by atomic mass is 10.1. The average molecular weight is 403 g/mol. The van der Waals surface area contributed by atoms with Gasteiger partial charge in [-0.05, 0) is 32.2 Å². The summed E-state index contributed by atoms with van der Waals surface area (Å²) in [6.07, 6.45) is 1.75. The predicted molar refractivity (Wildman–Crippen MR) is 101 cm³/mol. The topological polar surface area (TPSA) is 122 Å². The first kappa shape index (κ1) is 19.5. The van der Waals surface area contributed by atoms with Crippen molar-refractivity contribution in [3.05, 3.63) is 45.3 Å². The van der Waals surface area contributed by atoms with Crippen molar-refractivity contribution in [3.8, 4) is 11.5 Å². The Morgan fingerprint density at radius 2 is 2.07 bits per heavy atom. The normalized spacial score (nSPS) is 10.9. The van der Waals surface area contributed by atoms with Crippen LogP contribution in [-0.4, -0.2) is 43.8 Å². The molecule has 0 atom stereocenters. The molecule has 0 aliphatic carbocycles. The largest absolute Gasteiger partial charge is 0.496 e. The minimum absolute atomic E-state index is 0.113. The van der Waals surface area contributed by atoms with Crippen LogP contribution in [0.15, 0.2) is 23.4 Å². The molecule has 0 aliphatic rings. The molecule has 1 aromatic carbocycles. The van der Waals surface area contributed by atoms with Gasteiger partial charge in [-0.15, -0.1) is 5.10 Å². The fourth-order valence-electron chi connectivity index (χ4n) is 2.69. The average Bonchev–Trinajstić information content (AvgIpc) is 3.08. The van der Waals surface area contributed by atoms with E-state index >= 15 is 0 Å². The number of hydrogen-bond acceptors (Lipinski definition) is 9. The molecule has 10 nitrogen and oxygen atoms in total. The van der Waals surface area contributed by atoms with E-state index < -0.39 is 10.9 Å². The molecule has 146 valence electrons. The summed E-state index contributed by atoms with van der Waals surface area (Å²) in [5.74, 6) is -0.0535. The Labute approximate surface area is 164 Å². The molecule has 0 bridgehead atoms. The van der Waals surface area contributed by atoms with E-state index in [2.05, 4.69) is 15.1 Å². The van der Waals surface area contributed by atoms with Gasteiger partial charge in [-0.1, -0.05) is 11.8 Å². The Hall–Kier alpha value is -3.21. The molecule has 0 radical (unpaired) electrons. The van der Waals surface area contributed by atoms with E-state index in [9.17, 15) is 14.9 Å². The highest BCUT2D eigenvalue weighted by Gasteiger charge is 2.22. The van der Waals surface area contributed by atoms with Gasteiger partial charge >= 0.3 is 11.7 Å². The van der Waals surface area contributed by atoms with Gasteiger partial charge in [-0.2, -0.15) is 4.98 Å². The number of nitro benzene ring substituents is 1. The van der Waals surface area contributed by atoms with Crippen LogP contribution in [0.2, 0.25) is 0 Å². The number of esters is 1. The van der Waals surface area contributed by atoms with Gasteiger partial charge in [0.05, 0.1) is 24.5 Å². The number of fused-ring (bicyclic) bond motifs is 1. The molecule has 11 heteroatoms. The maximum absolute atomic E-state index is 12.5. The molecule has 0 aliphatic heterocycles. The number of hydrogen-bond donors (Lipinski definition) is 0. The van der Waals surface area contributed by atoms with Crippen molar-refractivity contribution in [1.29, 1.82) is 0 Å². The van der Waals surface area contributed by atoms with Gasteiger partial charge in [0.2, 0.25) is 10.9 Å². The van der Waals surface area contributed by atoms with Gasteiger partial charge < -0.3 is 9.47 Å². The lowest BCUT2D eigenvalue weighted by Crippen LogP contribution is -2.16. The number of rotatable bonds is 6. The molecule has 0 unspecified atom stereocenters. The summed E-state index contributed by atoms with van der Waals surface area (Å²) in [6, 6.07) is 4.02. The van der Waals surface area contributed by atoms with E-state index in [1.54, 1.807) is 18.4 Å². The second-order valence-electron chi connectivity index (χ2n) is 5.81. The van der Waals surface area contributed by atoms with Crippen LogP contribution < -0.4 is 9.47 Å². The summed E-state index contributed by atoms with van der Waals surface area (Å²) < 4.78 is 11.8. The first-order valence-electron chi connectivity index (χ1n) is 8.14. The predicted octanol–water partition coefficient (Wildman–Crippen LogP) is 2.53. The molecule has 2 aromatic heterocycles. The van der Waals surface area contributed by atoms with Crippen molar-refractivity contribution in [2.75, 3.05) is 13.4 Å². The Balaban J connectivity index is 1.89. The molecule has 3 rings (SSSR count). The number of thioether (sulfide) groups is 1. The molecule has 0 spiro atoms. The number of aryl methyl sites for hydroxylation is 2. The summed E-state index contributed by atoms with van der Waals surface area (Å²) >= 11 is 1.39. The summed E-state index contributed by atoms with van der Waals surface area (Å²) in [4.78, 5) is 31.7. The van der Waals surface area contributed by atoms with Crippen LogP contribution >= 0.6 is 11.8 Å². The van der Waals surface area contributed by atoms with E-state index in [1.807, 2.05) is 6.26 Å². The van der Waals surface area contributed by atoms with E-state index in [0.717, 1.165) is 0 Å². The summed E-state index contributed by atoms with van der Waals surface area (Å²) in [5.41, 5.74) is 1.60. The zero-order valence-electron chi connectivity index (χ0n) is 15.6. The van der Waals surface area contributed by atoms with Crippen molar-refractivity contribution in [1.82, 2.24) is 19.6 Å². The molecule has 0 saturated carbocycles. The first-order valence-corrected chi connectivity index (χ1v) is 9.36. The maximum Gasteiger partial charge on any atom is 0.316 e. The van der Waals surface area contributed by atoms with Gasteiger partial charge in [-0.25, -0.2) is 9.50 Å². The highest BCUT2D eigenvalue weighted by atomic mass is 32.2. The van der Waals surface area contributed by atoms with E-state index in [0.29, 0.717) is 33.6 Å². The zero-order valence-corrected chi connectivity index (χ0v) is 16.4. The van der Waals surface area contributed by atoms with Crippen molar-refractivity contribution in [3.63, 3.8) is 0 Å². The molecule has 0 saturated heterocycles. The number of methoxy groups -OCH3 is 1.